The van der Waals surface area contributed by atoms with Crippen molar-refractivity contribution in [2.45, 2.75) is 6.42 Å². The average molecular weight is 243 g/mol. The molecule has 0 unspecified atom stereocenters. The number of benzene rings is 2. The molecule has 0 spiro atoms. The van der Waals surface area contributed by atoms with Crippen molar-refractivity contribution in [1.82, 2.24) is 0 Å². The van der Waals surface area contributed by atoms with Gasteiger partial charge in [0.15, 0.2) is 11.5 Å². The molecule has 0 saturated carbocycles. The maximum absolute atomic E-state index is 5.52. The molecule has 0 amide bonds. The fourth-order valence-corrected chi connectivity index (χ4v) is 2.78. The normalized spacial score (nSPS) is 13.8. The summed E-state index contributed by atoms with van der Waals surface area (Å²) in [7, 11) is 5.52. The SMILES string of the molecule is COc1cc2c3c(cccc3c1OC)N(C)CC2. The van der Waals surface area contributed by atoms with Gasteiger partial charge in [0.05, 0.1) is 14.2 Å². The molecule has 3 heteroatoms. The quantitative estimate of drug-likeness (QED) is 0.809. The number of hydrogen-bond donors (Lipinski definition) is 0. The number of rotatable bonds is 2. The van der Waals surface area contributed by atoms with Crippen molar-refractivity contribution >= 4 is 16.5 Å². The molecule has 18 heavy (non-hydrogen) atoms. The summed E-state index contributed by atoms with van der Waals surface area (Å²) < 4.78 is 11.0. The Kier molecular flexibility index (Phi) is 2.54. The first-order valence-corrected chi connectivity index (χ1v) is 6.14. The molecule has 2 aromatic rings. The molecule has 1 aliphatic rings. The van der Waals surface area contributed by atoms with Crippen LogP contribution in [-0.2, 0) is 6.42 Å². The molecular formula is C15H17NO2. The summed E-state index contributed by atoms with van der Waals surface area (Å²) in [6, 6.07) is 8.45. The van der Waals surface area contributed by atoms with Crippen molar-refractivity contribution in [2.75, 3.05) is 32.7 Å². The second-order valence-corrected chi connectivity index (χ2v) is 4.64. The average Bonchev–Trinajstić information content (AvgIpc) is 2.42. The highest BCUT2D eigenvalue weighted by Crippen LogP contribution is 2.43. The molecule has 2 aromatic carbocycles. The number of nitrogens with zero attached hydrogens (tertiary/aromatic N) is 1. The van der Waals surface area contributed by atoms with Crippen LogP contribution in [0.25, 0.3) is 10.8 Å². The first-order valence-electron chi connectivity index (χ1n) is 6.14. The lowest BCUT2D eigenvalue weighted by Gasteiger charge is -2.28. The van der Waals surface area contributed by atoms with Crippen molar-refractivity contribution in [2.24, 2.45) is 0 Å². The summed E-state index contributed by atoms with van der Waals surface area (Å²) in [4.78, 5) is 2.29. The third-order valence-electron chi connectivity index (χ3n) is 3.69. The Morgan fingerprint density at radius 2 is 2.00 bits per heavy atom. The van der Waals surface area contributed by atoms with Gasteiger partial charge in [-0.2, -0.15) is 0 Å². The molecule has 1 heterocycles. The summed E-state index contributed by atoms with van der Waals surface area (Å²) >= 11 is 0. The van der Waals surface area contributed by atoms with Gasteiger partial charge in [-0.05, 0) is 24.1 Å². The first-order chi connectivity index (χ1) is 8.76. The molecule has 94 valence electrons. The minimum atomic E-state index is 0.821. The van der Waals surface area contributed by atoms with Gasteiger partial charge in [-0.1, -0.05) is 12.1 Å². The van der Waals surface area contributed by atoms with Crippen LogP contribution in [0.15, 0.2) is 24.3 Å². The fourth-order valence-electron chi connectivity index (χ4n) is 2.78. The van der Waals surface area contributed by atoms with Gasteiger partial charge in [0.2, 0.25) is 0 Å². The largest absolute Gasteiger partial charge is 0.493 e. The van der Waals surface area contributed by atoms with E-state index in [2.05, 4.69) is 36.2 Å². The van der Waals surface area contributed by atoms with Crippen molar-refractivity contribution in [3.05, 3.63) is 29.8 Å². The molecule has 3 nitrogen and oxygen atoms in total. The van der Waals surface area contributed by atoms with E-state index in [1.54, 1.807) is 14.2 Å². The van der Waals surface area contributed by atoms with Gasteiger partial charge in [0, 0.05) is 30.1 Å². The van der Waals surface area contributed by atoms with E-state index in [0.29, 0.717) is 0 Å². The third-order valence-corrected chi connectivity index (χ3v) is 3.69. The molecule has 0 aromatic heterocycles. The summed E-state index contributed by atoms with van der Waals surface area (Å²) in [6.07, 6.45) is 1.05. The van der Waals surface area contributed by atoms with E-state index in [1.807, 2.05) is 0 Å². The molecule has 0 atom stereocenters. The summed E-state index contributed by atoms with van der Waals surface area (Å²) in [5.41, 5.74) is 2.62. The second kappa shape index (κ2) is 4.09. The monoisotopic (exact) mass is 243 g/mol. The third kappa shape index (κ3) is 1.43. The van der Waals surface area contributed by atoms with E-state index >= 15 is 0 Å². The van der Waals surface area contributed by atoms with Gasteiger partial charge in [-0.25, -0.2) is 0 Å². The smallest absolute Gasteiger partial charge is 0.168 e. The van der Waals surface area contributed by atoms with Crippen LogP contribution >= 0.6 is 0 Å². The Balaban J connectivity index is 2.42. The number of ether oxygens (including phenoxy) is 2. The van der Waals surface area contributed by atoms with E-state index in [9.17, 15) is 0 Å². The fraction of sp³-hybridized carbons (Fsp3) is 0.333. The Morgan fingerprint density at radius 3 is 2.72 bits per heavy atom. The van der Waals surface area contributed by atoms with E-state index in [4.69, 9.17) is 9.47 Å². The molecular weight excluding hydrogens is 226 g/mol. The van der Waals surface area contributed by atoms with Crippen LogP contribution in [0.1, 0.15) is 5.56 Å². The molecule has 0 fully saturated rings. The predicted octanol–water partition coefficient (Wildman–Crippen LogP) is 2.85. The molecule has 0 saturated heterocycles. The van der Waals surface area contributed by atoms with Crippen LogP contribution < -0.4 is 14.4 Å². The number of anilines is 1. The molecule has 3 rings (SSSR count). The van der Waals surface area contributed by atoms with Crippen LogP contribution in [0, 0.1) is 0 Å². The van der Waals surface area contributed by atoms with Gasteiger partial charge in [0.1, 0.15) is 0 Å². The van der Waals surface area contributed by atoms with Crippen LogP contribution in [0.2, 0.25) is 0 Å². The second-order valence-electron chi connectivity index (χ2n) is 4.64. The lowest BCUT2D eigenvalue weighted by Crippen LogP contribution is -2.24. The van der Waals surface area contributed by atoms with Crippen molar-refractivity contribution < 1.29 is 9.47 Å². The first kappa shape index (κ1) is 11.2. The van der Waals surface area contributed by atoms with Crippen molar-refractivity contribution in [3.63, 3.8) is 0 Å². The summed E-state index contributed by atoms with van der Waals surface area (Å²) in [5, 5.41) is 2.43. The minimum absolute atomic E-state index is 0.821. The maximum atomic E-state index is 5.52. The highest BCUT2D eigenvalue weighted by atomic mass is 16.5. The maximum Gasteiger partial charge on any atom is 0.168 e. The topological polar surface area (TPSA) is 21.7 Å². The molecule has 0 radical (unpaired) electrons. The van der Waals surface area contributed by atoms with Crippen LogP contribution in [0.4, 0.5) is 5.69 Å². The molecule has 0 bridgehead atoms. The number of likely N-dealkylation sites (N-methyl/N-ethyl adjacent to an activating group) is 1. The summed E-state index contributed by atoms with van der Waals surface area (Å²) in [6.45, 7) is 1.04. The van der Waals surface area contributed by atoms with E-state index in [0.717, 1.165) is 29.9 Å². The van der Waals surface area contributed by atoms with Crippen molar-refractivity contribution in [3.8, 4) is 11.5 Å². The predicted molar refractivity (Wildman–Crippen MR) is 74.0 cm³/mol. The van der Waals surface area contributed by atoms with Gasteiger partial charge < -0.3 is 14.4 Å². The Hall–Kier alpha value is -1.90. The lowest BCUT2D eigenvalue weighted by atomic mass is 9.95. The zero-order valence-corrected chi connectivity index (χ0v) is 11.0. The van der Waals surface area contributed by atoms with Gasteiger partial charge >= 0.3 is 0 Å². The number of hydrogen-bond acceptors (Lipinski definition) is 3. The lowest BCUT2D eigenvalue weighted by molar-refractivity contribution is 0.358. The molecule has 0 aliphatic carbocycles. The number of methoxy groups -OCH3 is 2. The molecule has 0 N–H and O–H groups in total. The summed E-state index contributed by atoms with van der Waals surface area (Å²) in [5.74, 6) is 1.65. The molecule has 1 aliphatic heterocycles. The van der Waals surface area contributed by atoms with Gasteiger partial charge in [-0.3, -0.25) is 0 Å². The van der Waals surface area contributed by atoms with Gasteiger partial charge in [0.25, 0.3) is 0 Å². The Labute approximate surface area is 107 Å². The highest BCUT2D eigenvalue weighted by Gasteiger charge is 2.20. The van der Waals surface area contributed by atoms with Crippen LogP contribution in [0.5, 0.6) is 11.5 Å². The Bertz CT molecular complexity index is 607. The highest BCUT2D eigenvalue weighted by molar-refractivity contribution is 6.02. The van der Waals surface area contributed by atoms with Crippen LogP contribution in [-0.4, -0.2) is 27.8 Å². The minimum Gasteiger partial charge on any atom is -0.493 e. The van der Waals surface area contributed by atoms with E-state index < -0.39 is 0 Å². The standard InChI is InChI=1S/C15H17NO2/c1-16-8-7-10-9-13(17-2)15(18-3)11-5-4-6-12(16)14(10)11/h4-6,9H,7-8H2,1-3H3. The Morgan fingerprint density at radius 1 is 1.17 bits per heavy atom. The zero-order valence-electron chi connectivity index (χ0n) is 11.0. The van der Waals surface area contributed by atoms with Crippen LogP contribution in [0.3, 0.4) is 0 Å². The zero-order chi connectivity index (χ0) is 12.7. The van der Waals surface area contributed by atoms with E-state index in [1.165, 1.54) is 16.6 Å². The van der Waals surface area contributed by atoms with E-state index in [-0.39, 0.29) is 0 Å². The van der Waals surface area contributed by atoms with Crippen molar-refractivity contribution in [1.29, 1.82) is 0 Å². The van der Waals surface area contributed by atoms with Gasteiger partial charge in [-0.15, -0.1) is 0 Å².